The quantitative estimate of drug-likeness (QED) is 0.633. The second-order valence-corrected chi connectivity index (χ2v) is 9.42. The fourth-order valence-electron chi connectivity index (χ4n) is 6.25. The summed E-state index contributed by atoms with van der Waals surface area (Å²) in [6, 6.07) is 0.281. The highest BCUT2D eigenvalue weighted by molar-refractivity contribution is 6.15. The highest BCUT2D eigenvalue weighted by Crippen LogP contribution is 2.45. The van der Waals surface area contributed by atoms with Gasteiger partial charge in [-0.15, -0.1) is 0 Å². The molecule has 168 valence electrons. The molecule has 3 N–H and O–H groups in total. The van der Waals surface area contributed by atoms with Gasteiger partial charge in [0.25, 0.3) is 0 Å². The van der Waals surface area contributed by atoms with Gasteiger partial charge in [0.2, 0.25) is 0 Å². The van der Waals surface area contributed by atoms with E-state index in [1.54, 1.807) is 0 Å². The summed E-state index contributed by atoms with van der Waals surface area (Å²) in [5.41, 5.74) is 7.87. The number of hydrogen-bond acceptors (Lipinski definition) is 8. The first-order valence-corrected chi connectivity index (χ1v) is 11.6. The molecule has 1 saturated heterocycles. The number of nitrogens with one attached hydrogen (secondary N) is 3. The lowest BCUT2D eigenvalue weighted by atomic mass is 9.70. The lowest BCUT2D eigenvalue weighted by Gasteiger charge is -2.38. The SMILES string of the molecule is COC1C[C@@H]2C(=C[C@H]1[C@@H]1C(C)ON[C@@H]1C)NC1=C2C([C@H]2C=CN=C3C=CN=CC32)=NCN1. The van der Waals surface area contributed by atoms with Crippen molar-refractivity contribution in [2.45, 2.75) is 38.5 Å². The minimum Gasteiger partial charge on any atom is -0.381 e. The number of methoxy groups -OCH3 is 1. The molecule has 0 radical (unpaired) electrons. The van der Waals surface area contributed by atoms with Crippen molar-refractivity contribution in [3.63, 3.8) is 0 Å². The van der Waals surface area contributed by atoms with Crippen molar-refractivity contribution in [2.24, 2.45) is 44.6 Å². The molecule has 0 saturated carbocycles. The molecule has 1 aliphatic carbocycles. The van der Waals surface area contributed by atoms with Gasteiger partial charge in [-0.1, -0.05) is 12.2 Å². The summed E-state index contributed by atoms with van der Waals surface area (Å²) in [7, 11) is 1.83. The molecule has 0 aromatic heterocycles. The van der Waals surface area contributed by atoms with Crippen molar-refractivity contribution in [2.75, 3.05) is 13.8 Å². The summed E-state index contributed by atoms with van der Waals surface area (Å²) in [5.74, 6) is 2.23. The fraction of sp³-hybridized carbons (Fsp3) is 0.542. The van der Waals surface area contributed by atoms with Crippen LogP contribution in [0, 0.1) is 29.6 Å². The number of nitrogens with zero attached hydrogens (tertiary/aromatic N) is 3. The van der Waals surface area contributed by atoms with Gasteiger partial charge in [-0.25, -0.2) is 0 Å². The van der Waals surface area contributed by atoms with Gasteiger partial charge in [-0.05, 0) is 26.3 Å². The van der Waals surface area contributed by atoms with Crippen LogP contribution >= 0.6 is 0 Å². The first-order chi connectivity index (χ1) is 15.7. The van der Waals surface area contributed by atoms with Gasteiger partial charge in [-0.3, -0.25) is 19.8 Å². The zero-order chi connectivity index (χ0) is 21.8. The lowest BCUT2D eigenvalue weighted by molar-refractivity contribution is -0.00354. The van der Waals surface area contributed by atoms with Gasteiger partial charge >= 0.3 is 0 Å². The third kappa shape index (κ3) is 3.04. The maximum absolute atomic E-state index is 6.07. The van der Waals surface area contributed by atoms with Crippen LogP contribution in [0.3, 0.4) is 0 Å². The van der Waals surface area contributed by atoms with E-state index in [0.717, 1.165) is 23.7 Å². The first kappa shape index (κ1) is 20.1. The molecule has 0 spiro atoms. The van der Waals surface area contributed by atoms with Crippen LogP contribution in [-0.4, -0.2) is 49.7 Å². The molecule has 0 aromatic rings. The lowest BCUT2D eigenvalue weighted by Crippen LogP contribution is -2.42. The van der Waals surface area contributed by atoms with Crippen molar-refractivity contribution in [3.05, 3.63) is 47.7 Å². The predicted octanol–water partition coefficient (Wildman–Crippen LogP) is 2.06. The van der Waals surface area contributed by atoms with E-state index in [1.807, 2.05) is 31.8 Å². The van der Waals surface area contributed by atoms with Gasteiger partial charge in [0.05, 0.1) is 23.6 Å². The summed E-state index contributed by atoms with van der Waals surface area (Å²) in [6.45, 7) is 4.91. The van der Waals surface area contributed by atoms with E-state index >= 15 is 0 Å². The van der Waals surface area contributed by atoms with Crippen molar-refractivity contribution >= 4 is 17.6 Å². The van der Waals surface area contributed by atoms with Gasteiger partial charge in [0, 0.05) is 72.6 Å². The first-order valence-electron chi connectivity index (χ1n) is 11.6. The largest absolute Gasteiger partial charge is 0.381 e. The Bertz CT molecular complexity index is 1010. The molecule has 3 unspecified atom stereocenters. The zero-order valence-electron chi connectivity index (χ0n) is 18.7. The predicted molar refractivity (Wildman–Crippen MR) is 124 cm³/mol. The Hall–Kier alpha value is -2.55. The minimum atomic E-state index is 0.122. The molecule has 0 amide bonds. The van der Waals surface area contributed by atoms with Crippen LogP contribution in [0.5, 0.6) is 0 Å². The number of aliphatic imine (C=N–C) groups is 3. The standard InChI is InChI=1S/C24H30N6O2/c1-12-21(13(2)32-30-12)16-8-19-15(9-20(16)31-3)22-23(27-11-28-24(22)29-19)14-4-7-26-18-5-6-25-10-17(14)18/h4-8,10,12-17,20-21,28-30H,9,11H2,1-3H3/t12-,13?,14+,15-,16-,17?,20?,21+/m1/s1. The number of fused-ring (bicyclic) bond motifs is 3. The van der Waals surface area contributed by atoms with Crippen LogP contribution in [0.1, 0.15) is 20.3 Å². The molecule has 8 atom stereocenters. The van der Waals surface area contributed by atoms with E-state index in [1.165, 1.54) is 11.3 Å². The van der Waals surface area contributed by atoms with Gasteiger partial charge < -0.3 is 15.4 Å². The number of hydroxylamine groups is 1. The van der Waals surface area contributed by atoms with Crippen molar-refractivity contribution in [1.29, 1.82) is 0 Å². The third-order valence-electron chi connectivity index (χ3n) is 7.76. The highest BCUT2D eigenvalue weighted by Gasteiger charge is 2.48. The molecule has 0 bridgehead atoms. The number of hydrogen-bond donors (Lipinski definition) is 3. The van der Waals surface area contributed by atoms with Crippen LogP contribution in [0.15, 0.2) is 62.7 Å². The monoisotopic (exact) mass is 434 g/mol. The fourth-order valence-corrected chi connectivity index (χ4v) is 6.25. The van der Waals surface area contributed by atoms with Gasteiger partial charge in [0.15, 0.2) is 0 Å². The number of rotatable bonds is 3. The molecule has 8 nitrogen and oxygen atoms in total. The summed E-state index contributed by atoms with van der Waals surface area (Å²) in [5, 5.41) is 7.17. The normalized spacial score (nSPS) is 41.8. The second kappa shape index (κ2) is 7.79. The zero-order valence-corrected chi connectivity index (χ0v) is 18.7. The molecule has 5 heterocycles. The topological polar surface area (TPSA) is 91.6 Å². The maximum atomic E-state index is 6.07. The Morgan fingerprint density at radius 3 is 2.91 bits per heavy atom. The Balaban J connectivity index is 1.33. The molecule has 6 rings (SSSR count). The highest BCUT2D eigenvalue weighted by atomic mass is 16.7. The average Bonchev–Trinajstić information content (AvgIpc) is 3.36. The molecule has 0 aromatic carbocycles. The maximum Gasteiger partial charge on any atom is 0.110 e. The molecule has 5 aliphatic heterocycles. The third-order valence-corrected chi connectivity index (χ3v) is 7.76. The smallest absolute Gasteiger partial charge is 0.110 e. The van der Waals surface area contributed by atoms with Crippen LogP contribution in [0.4, 0.5) is 0 Å². The van der Waals surface area contributed by atoms with Gasteiger partial charge in [0.1, 0.15) is 12.5 Å². The van der Waals surface area contributed by atoms with Crippen molar-refractivity contribution < 1.29 is 9.57 Å². The summed E-state index contributed by atoms with van der Waals surface area (Å²) >= 11 is 0. The Kier molecular flexibility index (Phi) is 4.89. The van der Waals surface area contributed by atoms with Crippen LogP contribution in [0.2, 0.25) is 0 Å². The molecule has 32 heavy (non-hydrogen) atoms. The number of ether oxygens (including phenoxy) is 1. The minimum absolute atomic E-state index is 0.122. The Morgan fingerprint density at radius 2 is 2.09 bits per heavy atom. The van der Waals surface area contributed by atoms with E-state index in [-0.39, 0.29) is 41.9 Å². The van der Waals surface area contributed by atoms with E-state index in [2.05, 4.69) is 52.1 Å². The van der Waals surface area contributed by atoms with E-state index in [9.17, 15) is 0 Å². The van der Waals surface area contributed by atoms with E-state index in [0.29, 0.717) is 12.6 Å². The van der Waals surface area contributed by atoms with Crippen molar-refractivity contribution in [1.82, 2.24) is 16.1 Å². The van der Waals surface area contributed by atoms with E-state index < -0.39 is 0 Å². The molecular weight excluding hydrogens is 404 g/mol. The summed E-state index contributed by atoms with van der Waals surface area (Å²) < 4.78 is 6.07. The average molecular weight is 435 g/mol. The molecule has 6 aliphatic rings. The summed E-state index contributed by atoms with van der Waals surface area (Å²) in [4.78, 5) is 19.7. The summed E-state index contributed by atoms with van der Waals surface area (Å²) in [6.07, 6.45) is 13.5. The van der Waals surface area contributed by atoms with E-state index in [4.69, 9.17) is 14.6 Å². The molecule has 8 heteroatoms. The van der Waals surface area contributed by atoms with Crippen LogP contribution in [-0.2, 0) is 9.57 Å². The molecular formula is C24H30N6O2. The number of allylic oxidation sites excluding steroid dienone is 3. The second-order valence-electron chi connectivity index (χ2n) is 9.42. The van der Waals surface area contributed by atoms with Crippen LogP contribution in [0.25, 0.3) is 0 Å². The van der Waals surface area contributed by atoms with Gasteiger partial charge in [-0.2, -0.15) is 5.48 Å². The van der Waals surface area contributed by atoms with Crippen molar-refractivity contribution in [3.8, 4) is 0 Å². The molecule has 1 fully saturated rings. The van der Waals surface area contributed by atoms with Crippen LogP contribution < -0.4 is 16.1 Å². The Labute approximate surface area is 188 Å². The Morgan fingerprint density at radius 1 is 1.19 bits per heavy atom.